The lowest BCUT2D eigenvalue weighted by Gasteiger charge is -2.37. The number of hydrogen-bond acceptors (Lipinski definition) is 4. The van der Waals surface area contributed by atoms with Gasteiger partial charge >= 0.3 is 0 Å². The number of carbonyl (C=O) groups excluding carboxylic acids is 2. The molecule has 1 unspecified atom stereocenters. The Morgan fingerprint density at radius 1 is 1.21 bits per heavy atom. The summed E-state index contributed by atoms with van der Waals surface area (Å²) < 4.78 is 11.0. The van der Waals surface area contributed by atoms with Crippen molar-refractivity contribution in [1.82, 2.24) is 10.6 Å². The number of benzene rings is 1. The first-order chi connectivity index (χ1) is 13.5. The topological polar surface area (TPSA) is 76.7 Å². The van der Waals surface area contributed by atoms with Crippen LogP contribution in [0.4, 0.5) is 0 Å². The third-order valence-corrected chi connectivity index (χ3v) is 5.32. The third-order valence-electron chi connectivity index (χ3n) is 5.32. The lowest BCUT2D eigenvalue weighted by Crippen LogP contribution is -2.61. The van der Waals surface area contributed by atoms with Crippen LogP contribution in [0.5, 0.6) is 5.75 Å². The largest absolute Gasteiger partial charge is 0.497 e. The molecule has 2 N–H and O–H groups in total. The molecular formula is C22H34N2O4. The summed E-state index contributed by atoms with van der Waals surface area (Å²) in [7, 11) is 1.62. The van der Waals surface area contributed by atoms with Crippen LogP contribution in [0.25, 0.3) is 0 Å². The van der Waals surface area contributed by atoms with Gasteiger partial charge in [-0.3, -0.25) is 9.59 Å². The van der Waals surface area contributed by atoms with E-state index in [-0.39, 0.29) is 11.8 Å². The second-order valence-corrected chi connectivity index (χ2v) is 7.55. The van der Waals surface area contributed by atoms with Gasteiger partial charge in [-0.25, -0.2) is 0 Å². The highest BCUT2D eigenvalue weighted by atomic mass is 16.5. The maximum atomic E-state index is 12.8. The molecule has 0 aromatic heterocycles. The maximum Gasteiger partial charge on any atom is 0.249 e. The average molecular weight is 391 g/mol. The van der Waals surface area contributed by atoms with E-state index in [0.29, 0.717) is 26.0 Å². The number of rotatable bonds is 10. The molecule has 2 rings (SSSR count). The van der Waals surface area contributed by atoms with Gasteiger partial charge in [0.2, 0.25) is 11.8 Å². The van der Waals surface area contributed by atoms with Gasteiger partial charge in [0.05, 0.1) is 13.7 Å². The van der Waals surface area contributed by atoms with Crippen LogP contribution >= 0.6 is 0 Å². The van der Waals surface area contributed by atoms with E-state index in [4.69, 9.17) is 9.47 Å². The molecule has 1 fully saturated rings. The van der Waals surface area contributed by atoms with Crippen LogP contribution in [0.15, 0.2) is 24.3 Å². The Labute approximate surface area is 168 Å². The Hall–Kier alpha value is -2.08. The van der Waals surface area contributed by atoms with Gasteiger partial charge in [-0.05, 0) is 43.9 Å². The molecule has 6 heteroatoms. The van der Waals surface area contributed by atoms with Gasteiger partial charge in [-0.2, -0.15) is 0 Å². The number of unbranched alkanes of at least 4 members (excludes halogenated alkanes) is 1. The summed E-state index contributed by atoms with van der Waals surface area (Å²) in [6.45, 7) is 4.77. The Morgan fingerprint density at radius 2 is 1.96 bits per heavy atom. The zero-order valence-electron chi connectivity index (χ0n) is 17.4. The van der Waals surface area contributed by atoms with Crippen LogP contribution < -0.4 is 15.4 Å². The van der Waals surface area contributed by atoms with Gasteiger partial charge in [-0.15, -0.1) is 0 Å². The summed E-state index contributed by atoms with van der Waals surface area (Å²) in [5.74, 6) is 0.451. The normalized spacial score (nSPS) is 16.8. The number of carbonyl (C=O) groups is 2. The molecular weight excluding hydrogens is 356 g/mol. The van der Waals surface area contributed by atoms with Crippen molar-refractivity contribution in [2.75, 3.05) is 13.7 Å². The number of nitrogens with one attached hydrogen (secondary N) is 2. The van der Waals surface area contributed by atoms with E-state index < -0.39 is 11.6 Å². The zero-order chi connectivity index (χ0) is 20.4. The molecule has 0 heterocycles. The van der Waals surface area contributed by atoms with Gasteiger partial charge in [-0.1, -0.05) is 44.7 Å². The Bertz CT molecular complexity index is 641. The zero-order valence-corrected chi connectivity index (χ0v) is 17.4. The van der Waals surface area contributed by atoms with Crippen molar-refractivity contribution in [1.29, 1.82) is 0 Å². The summed E-state index contributed by atoms with van der Waals surface area (Å²) >= 11 is 0. The minimum absolute atomic E-state index is 0.0611. The third kappa shape index (κ3) is 6.23. The summed E-state index contributed by atoms with van der Waals surface area (Å²) in [6, 6.07) is 7.56. The predicted molar refractivity (Wildman–Crippen MR) is 109 cm³/mol. The minimum Gasteiger partial charge on any atom is -0.497 e. The van der Waals surface area contributed by atoms with Crippen molar-refractivity contribution in [2.45, 2.75) is 77.0 Å². The van der Waals surface area contributed by atoms with Gasteiger partial charge in [0.15, 0.2) is 0 Å². The molecule has 0 spiro atoms. The molecule has 1 aromatic carbocycles. The van der Waals surface area contributed by atoms with Crippen LogP contribution in [-0.2, 0) is 20.9 Å². The van der Waals surface area contributed by atoms with Crippen LogP contribution in [-0.4, -0.2) is 37.1 Å². The second-order valence-electron chi connectivity index (χ2n) is 7.55. The summed E-state index contributed by atoms with van der Waals surface area (Å²) in [5, 5.41) is 6.02. The smallest absolute Gasteiger partial charge is 0.249 e. The molecule has 28 heavy (non-hydrogen) atoms. The predicted octanol–water partition coefficient (Wildman–Crippen LogP) is 3.34. The molecule has 6 nitrogen and oxygen atoms in total. The standard InChI is InChI=1S/C22H34N2O4/c1-4-5-14-23-21(26)22(12-7-6-8-13-22)24-20(25)17(2)28-16-18-10-9-11-19(15-18)27-3/h9-11,15,17H,4-8,12-14,16H2,1-3H3,(H,23,26)(H,24,25). The number of amides is 2. The van der Waals surface area contributed by atoms with Crippen molar-refractivity contribution in [3.05, 3.63) is 29.8 Å². The summed E-state index contributed by atoms with van der Waals surface area (Å²) in [6.07, 6.45) is 5.67. The first-order valence-corrected chi connectivity index (χ1v) is 10.4. The van der Waals surface area contributed by atoms with E-state index in [9.17, 15) is 9.59 Å². The molecule has 1 saturated carbocycles. The Kier molecular flexibility index (Phi) is 8.77. The first kappa shape index (κ1) is 22.2. The van der Waals surface area contributed by atoms with E-state index in [1.54, 1.807) is 14.0 Å². The van der Waals surface area contributed by atoms with Crippen LogP contribution in [0.2, 0.25) is 0 Å². The molecule has 0 aliphatic heterocycles. The molecule has 2 amide bonds. The van der Waals surface area contributed by atoms with Crippen molar-refractivity contribution in [3.8, 4) is 5.75 Å². The minimum atomic E-state index is -0.809. The summed E-state index contributed by atoms with van der Waals surface area (Å²) in [4.78, 5) is 25.6. The van der Waals surface area contributed by atoms with Gasteiger partial charge in [0.1, 0.15) is 17.4 Å². The van der Waals surface area contributed by atoms with Crippen LogP contribution in [0, 0.1) is 0 Å². The van der Waals surface area contributed by atoms with E-state index in [0.717, 1.165) is 43.4 Å². The van der Waals surface area contributed by atoms with E-state index >= 15 is 0 Å². The quantitative estimate of drug-likeness (QED) is 0.601. The second kappa shape index (κ2) is 11.1. The van der Waals surface area contributed by atoms with Crippen molar-refractivity contribution in [2.24, 2.45) is 0 Å². The van der Waals surface area contributed by atoms with E-state index in [1.165, 1.54) is 0 Å². The van der Waals surface area contributed by atoms with Crippen molar-refractivity contribution in [3.63, 3.8) is 0 Å². The molecule has 0 bridgehead atoms. The fourth-order valence-electron chi connectivity index (χ4n) is 3.51. The molecule has 1 atom stereocenters. The van der Waals surface area contributed by atoms with Crippen LogP contribution in [0.3, 0.4) is 0 Å². The lowest BCUT2D eigenvalue weighted by molar-refractivity contribution is -0.141. The SMILES string of the molecule is CCCCNC(=O)C1(NC(=O)C(C)OCc2cccc(OC)c2)CCCCC1. The van der Waals surface area contributed by atoms with E-state index in [2.05, 4.69) is 17.6 Å². The van der Waals surface area contributed by atoms with Gasteiger partial charge < -0.3 is 20.1 Å². The van der Waals surface area contributed by atoms with Crippen molar-refractivity contribution >= 4 is 11.8 Å². The Morgan fingerprint density at radius 3 is 2.64 bits per heavy atom. The van der Waals surface area contributed by atoms with E-state index in [1.807, 2.05) is 24.3 Å². The monoisotopic (exact) mass is 390 g/mol. The number of hydrogen-bond donors (Lipinski definition) is 2. The molecule has 0 radical (unpaired) electrons. The van der Waals surface area contributed by atoms with Crippen LogP contribution in [0.1, 0.15) is 64.4 Å². The van der Waals surface area contributed by atoms with Gasteiger partial charge in [0, 0.05) is 6.54 Å². The highest BCUT2D eigenvalue weighted by molar-refractivity contribution is 5.92. The number of ether oxygens (including phenoxy) is 2. The lowest BCUT2D eigenvalue weighted by atomic mass is 9.80. The molecule has 156 valence electrons. The van der Waals surface area contributed by atoms with Crippen molar-refractivity contribution < 1.29 is 19.1 Å². The molecule has 1 aliphatic carbocycles. The molecule has 1 aliphatic rings. The molecule has 1 aromatic rings. The highest BCUT2D eigenvalue weighted by Gasteiger charge is 2.41. The fourth-order valence-corrected chi connectivity index (χ4v) is 3.51. The first-order valence-electron chi connectivity index (χ1n) is 10.4. The fraction of sp³-hybridized carbons (Fsp3) is 0.636. The number of methoxy groups -OCH3 is 1. The molecule has 0 saturated heterocycles. The Balaban J connectivity index is 1.94. The van der Waals surface area contributed by atoms with Gasteiger partial charge in [0.25, 0.3) is 0 Å². The highest BCUT2D eigenvalue weighted by Crippen LogP contribution is 2.29. The summed E-state index contributed by atoms with van der Waals surface area (Å²) in [5.41, 5.74) is 0.125. The average Bonchev–Trinajstić information content (AvgIpc) is 2.72. The maximum absolute atomic E-state index is 12.8.